The number of anilines is 2. The zero-order chi connectivity index (χ0) is 29.8. The van der Waals surface area contributed by atoms with Crippen LogP contribution in [-0.4, -0.2) is 22.6 Å². The number of benzene rings is 1. The normalized spacial score (nSPS) is 11.8. The minimum atomic E-state index is 0.677. The van der Waals surface area contributed by atoms with Crippen LogP contribution in [0.3, 0.4) is 0 Å². The molecule has 0 aliphatic rings. The van der Waals surface area contributed by atoms with Crippen LogP contribution in [0.4, 0.5) is 11.6 Å². The van der Waals surface area contributed by atoms with Gasteiger partial charge in [-0.3, -0.25) is 10.9 Å². The van der Waals surface area contributed by atoms with E-state index in [-0.39, 0.29) is 0 Å². The van der Waals surface area contributed by atoms with E-state index in [4.69, 9.17) is 0 Å². The molecule has 0 radical (unpaired) electrons. The molecule has 0 aliphatic heterocycles. The van der Waals surface area contributed by atoms with Crippen LogP contribution >= 0.6 is 0 Å². The molecule has 0 bridgehead atoms. The lowest BCUT2D eigenvalue weighted by atomic mass is 10.1. The SMILES string of the molecule is CCCCCCCCCCCCC/C=N\Nc1nnc(N/N=C/CCCCCCCCCCCCC)c2ccccc12. The van der Waals surface area contributed by atoms with Gasteiger partial charge in [-0.2, -0.15) is 10.2 Å². The fraction of sp³-hybridized carbons (Fsp3) is 0.722. The average molecular weight is 579 g/mol. The highest BCUT2D eigenvalue weighted by molar-refractivity contribution is 5.98. The van der Waals surface area contributed by atoms with Gasteiger partial charge in [0.05, 0.1) is 0 Å². The van der Waals surface area contributed by atoms with Gasteiger partial charge in [-0.15, -0.1) is 10.2 Å². The lowest BCUT2D eigenvalue weighted by Crippen LogP contribution is -2.01. The second kappa shape index (κ2) is 26.2. The number of nitrogens with one attached hydrogen (secondary N) is 2. The van der Waals surface area contributed by atoms with E-state index >= 15 is 0 Å². The molecule has 0 aliphatic carbocycles. The number of hydrogen-bond donors (Lipinski definition) is 2. The van der Waals surface area contributed by atoms with Crippen molar-refractivity contribution in [3.05, 3.63) is 24.3 Å². The van der Waals surface area contributed by atoms with E-state index in [2.05, 4.69) is 45.1 Å². The Labute approximate surface area is 258 Å². The largest absolute Gasteiger partial charge is 0.260 e. The van der Waals surface area contributed by atoms with E-state index in [1.165, 1.54) is 141 Å². The summed E-state index contributed by atoms with van der Waals surface area (Å²) in [4.78, 5) is 0. The van der Waals surface area contributed by atoms with Crippen molar-refractivity contribution in [3.63, 3.8) is 0 Å². The fourth-order valence-electron chi connectivity index (χ4n) is 5.41. The van der Waals surface area contributed by atoms with Gasteiger partial charge in [0.15, 0.2) is 11.6 Å². The molecule has 0 saturated carbocycles. The topological polar surface area (TPSA) is 74.6 Å². The third kappa shape index (κ3) is 17.5. The van der Waals surface area contributed by atoms with E-state index in [0.29, 0.717) is 11.6 Å². The number of aromatic nitrogens is 2. The van der Waals surface area contributed by atoms with Gasteiger partial charge in [-0.05, 0) is 25.7 Å². The third-order valence-corrected chi connectivity index (χ3v) is 8.08. The Kier molecular flexibility index (Phi) is 22.2. The van der Waals surface area contributed by atoms with E-state index in [0.717, 1.165) is 23.6 Å². The maximum absolute atomic E-state index is 4.42. The Balaban J connectivity index is 1.57. The molecule has 0 fully saturated rings. The first-order valence-electron chi connectivity index (χ1n) is 17.7. The lowest BCUT2D eigenvalue weighted by molar-refractivity contribution is 0.552. The van der Waals surface area contributed by atoms with Gasteiger partial charge in [0.2, 0.25) is 0 Å². The lowest BCUT2D eigenvalue weighted by Gasteiger charge is -2.08. The first-order valence-corrected chi connectivity index (χ1v) is 17.7. The van der Waals surface area contributed by atoms with Crippen molar-refractivity contribution in [2.24, 2.45) is 10.2 Å². The van der Waals surface area contributed by atoms with Gasteiger partial charge < -0.3 is 0 Å². The van der Waals surface area contributed by atoms with Crippen molar-refractivity contribution in [2.75, 3.05) is 10.9 Å². The molecule has 6 nitrogen and oxygen atoms in total. The van der Waals surface area contributed by atoms with Crippen LogP contribution in [0.25, 0.3) is 10.8 Å². The van der Waals surface area contributed by atoms with Gasteiger partial charge >= 0.3 is 0 Å². The highest BCUT2D eigenvalue weighted by Crippen LogP contribution is 2.26. The zero-order valence-electron chi connectivity index (χ0n) is 27.2. The van der Waals surface area contributed by atoms with Crippen LogP contribution in [0.1, 0.15) is 168 Å². The molecule has 1 aromatic carbocycles. The summed E-state index contributed by atoms with van der Waals surface area (Å²) in [6.07, 6.45) is 35.8. The van der Waals surface area contributed by atoms with Crippen molar-refractivity contribution < 1.29 is 0 Å². The summed E-state index contributed by atoms with van der Waals surface area (Å²) < 4.78 is 0. The number of unbranched alkanes of at least 4 members (excludes halogenated alkanes) is 22. The number of hydrogen-bond acceptors (Lipinski definition) is 6. The highest BCUT2D eigenvalue weighted by Gasteiger charge is 2.07. The molecular formula is C36H62N6. The predicted molar refractivity (Wildman–Crippen MR) is 186 cm³/mol. The van der Waals surface area contributed by atoms with E-state index in [1.54, 1.807) is 0 Å². The third-order valence-electron chi connectivity index (χ3n) is 8.08. The van der Waals surface area contributed by atoms with E-state index in [9.17, 15) is 0 Å². The molecular weight excluding hydrogens is 516 g/mol. The van der Waals surface area contributed by atoms with Gasteiger partial charge in [0, 0.05) is 23.2 Å². The minimum Gasteiger partial charge on any atom is -0.260 e. The zero-order valence-corrected chi connectivity index (χ0v) is 27.2. The Morgan fingerprint density at radius 1 is 0.476 bits per heavy atom. The summed E-state index contributed by atoms with van der Waals surface area (Å²) in [7, 11) is 0. The Morgan fingerprint density at radius 2 is 0.786 bits per heavy atom. The summed E-state index contributed by atoms with van der Waals surface area (Å²) in [5.41, 5.74) is 6.21. The molecule has 0 saturated heterocycles. The summed E-state index contributed by atoms with van der Waals surface area (Å²) in [6, 6.07) is 8.13. The molecule has 2 N–H and O–H groups in total. The van der Waals surface area contributed by atoms with Crippen molar-refractivity contribution in [2.45, 2.75) is 168 Å². The number of hydrazone groups is 2. The maximum Gasteiger partial charge on any atom is 0.176 e. The number of fused-ring (bicyclic) bond motifs is 1. The van der Waals surface area contributed by atoms with Crippen molar-refractivity contribution in [1.29, 1.82) is 0 Å². The summed E-state index contributed by atoms with van der Waals surface area (Å²) in [5.74, 6) is 1.35. The van der Waals surface area contributed by atoms with Crippen LogP contribution in [0.15, 0.2) is 34.5 Å². The van der Waals surface area contributed by atoms with Crippen molar-refractivity contribution >= 4 is 34.8 Å². The standard InChI is InChI=1S/C36H62N6/c1-3-5-7-9-11-13-15-17-19-21-23-27-31-37-39-35-33-29-25-26-30-34(33)36(42-41-35)40-38-32-28-24-22-20-18-16-14-12-10-8-6-4-2/h25-26,29-32H,3-24,27-28H2,1-2H3,(H,39,41)(H,40,42)/b37-31-,38-32+. The van der Waals surface area contributed by atoms with E-state index in [1.807, 2.05) is 36.7 Å². The molecule has 2 rings (SSSR count). The van der Waals surface area contributed by atoms with Crippen LogP contribution in [0.2, 0.25) is 0 Å². The predicted octanol–water partition coefficient (Wildman–Crippen LogP) is 11.8. The second-order valence-electron chi connectivity index (χ2n) is 11.9. The quantitative estimate of drug-likeness (QED) is 0.0598. The van der Waals surface area contributed by atoms with Gasteiger partial charge in [-0.1, -0.05) is 167 Å². The molecule has 2 aromatic rings. The molecule has 0 unspecified atom stereocenters. The van der Waals surface area contributed by atoms with Crippen LogP contribution in [-0.2, 0) is 0 Å². The molecule has 1 aromatic heterocycles. The molecule has 1 heterocycles. The summed E-state index contributed by atoms with van der Waals surface area (Å²) >= 11 is 0. The molecule has 0 amide bonds. The van der Waals surface area contributed by atoms with Crippen LogP contribution in [0.5, 0.6) is 0 Å². The van der Waals surface area contributed by atoms with Crippen molar-refractivity contribution in [1.82, 2.24) is 10.2 Å². The van der Waals surface area contributed by atoms with Gasteiger partial charge in [-0.25, -0.2) is 0 Å². The molecule has 0 atom stereocenters. The van der Waals surface area contributed by atoms with Crippen molar-refractivity contribution in [3.8, 4) is 0 Å². The maximum atomic E-state index is 4.42. The number of rotatable bonds is 28. The molecule has 42 heavy (non-hydrogen) atoms. The molecule has 6 heteroatoms. The first kappa shape index (κ1) is 35.7. The second-order valence-corrected chi connectivity index (χ2v) is 11.9. The molecule has 236 valence electrons. The van der Waals surface area contributed by atoms with E-state index < -0.39 is 0 Å². The summed E-state index contributed by atoms with van der Waals surface area (Å²) in [5, 5.41) is 19.6. The number of nitrogens with zero attached hydrogens (tertiary/aromatic N) is 4. The monoisotopic (exact) mass is 579 g/mol. The minimum absolute atomic E-state index is 0.677. The van der Waals surface area contributed by atoms with Gasteiger partial charge in [0.25, 0.3) is 0 Å². The Hall–Kier alpha value is -2.50. The average Bonchev–Trinajstić information content (AvgIpc) is 3.02. The van der Waals surface area contributed by atoms with Crippen LogP contribution in [0, 0.1) is 0 Å². The van der Waals surface area contributed by atoms with Crippen LogP contribution < -0.4 is 10.9 Å². The fourth-order valence-corrected chi connectivity index (χ4v) is 5.41. The Bertz CT molecular complexity index is 881. The Morgan fingerprint density at radius 3 is 1.12 bits per heavy atom. The molecule has 0 spiro atoms. The highest BCUT2D eigenvalue weighted by atomic mass is 15.4. The smallest absolute Gasteiger partial charge is 0.176 e. The van der Waals surface area contributed by atoms with Gasteiger partial charge in [0.1, 0.15) is 0 Å². The first-order chi connectivity index (χ1) is 20.9. The summed E-state index contributed by atoms with van der Waals surface area (Å²) in [6.45, 7) is 4.56.